The van der Waals surface area contributed by atoms with Gasteiger partial charge >= 0.3 is 0 Å². The van der Waals surface area contributed by atoms with Gasteiger partial charge in [0.05, 0.1) is 12.2 Å². The molecule has 0 saturated carbocycles. The molecule has 4 rings (SSSR count). The van der Waals surface area contributed by atoms with E-state index in [1.54, 1.807) is 10.9 Å². The molecule has 1 aliphatic carbocycles. The van der Waals surface area contributed by atoms with Crippen molar-refractivity contribution in [2.75, 3.05) is 19.6 Å². The van der Waals surface area contributed by atoms with E-state index >= 15 is 0 Å². The van der Waals surface area contributed by atoms with Crippen LogP contribution in [0.5, 0.6) is 0 Å². The Morgan fingerprint density at radius 3 is 2.50 bits per heavy atom. The number of carbonyl (C=O) groups excluding carboxylic acids is 1. The SMILES string of the molecule is NC(=O)c1cn(C2CN(CC3Cc4ccccc4C3)C2)nn1. The molecule has 0 bridgehead atoms. The van der Waals surface area contributed by atoms with Gasteiger partial charge in [0, 0.05) is 19.6 Å². The summed E-state index contributed by atoms with van der Waals surface area (Å²) in [5, 5.41) is 7.79. The third-order valence-corrected chi connectivity index (χ3v) is 4.73. The first-order valence-electron chi connectivity index (χ1n) is 7.70. The lowest BCUT2D eigenvalue weighted by atomic mass is 10.0. The molecule has 0 spiro atoms. The van der Waals surface area contributed by atoms with E-state index < -0.39 is 5.91 Å². The predicted molar refractivity (Wildman–Crippen MR) is 81.4 cm³/mol. The molecule has 1 aromatic carbocycles. The standard InChI is InChI=1S/C16H19N5O/c17-16(22)15-10-21(19-18-15)14-8-20(9-14)7-11-5-12-3-1-2-4-13(12)6-11/h1-4,10-11,14H,5-9H2,(H2,17,22). The van der Waals surface area contributed by atoms with Gasteiger partial charge in [0.15, 0.2) is 5.69 Å². The Bertz CT molecular complexity index is 679. The smallest absolute Gasteiger partial charge is 0.270 e. The summed E-state index contributed by atoms with van der Waals surface area (Å²) in [4.78, 5) is 13.5. The van der Waals surface area contributed by atoms with Gasteiger partial charge in [0.25, 0.3) is 5.91 Å². The highest BCUT2D eigenvalue weighted by Gasteiger charge is 2.32. The molecule has 6 nitrogen and oxygen atoms in total. The molecule has 2 aromatic rings. The number of benzene rings is 1. The average molecular weight is 297 g/mol. The van der Waals surface area contributed by atoms with Crippen molar-refractivity contribution in [3.63, 3.8) is 0 Å². The molecule has 0 unspecified atom stereocenters. The van der Waals surface area contributed by atoms with Crippen LogP contribution in [-0.4, -0.2) is 45.4 Å². The van der Waals surface area contributed by atoms with Crippen LogP contribution in [0.25, 0.3) is 0 Å². The minimum absolute atomic E-state index is 0.240. The highest BCUT2D eigenvalue weighted by molar-refractivity contribution is 5.90. The Hall–Kier alpha value is -2.21. The Balaban J connectivity index is 1.30. The lowest BCUT2D eigenvalue weighted by molar-refractivity contribution is 0.0807. The third-order valence-electron chi connectivity index (χ3n) is 4.73. The zero-order valence-electron chi connectivity index (χ0n) is 12.4. The molecule has 2 N–H and O–H groups in total. The topological polar surface area (TPSA) is 77.0 Å². The molecule has 2 aliphatic rings. The van der Waals surface area contributed by atoms with E-state index in [1.807, 2.05) is 0 Å². The summed E-state index contributed by atoms with van der Waals surface area (Å²) in [5.41, 5.74) is 8.45. The largest absolute Gasteiger partial charge is 0.364 e. The monoisotopic (exact) mass is 297 g/mol. The van der Waals surface area contributed by atoms with Gasteiger partial charge < -0.3 is 5.73 Å². The molecule has 1 amide bonds. The number of aromatic nitrogens is 3. The van der Waals surface area contributed by atoms with Crippen LogP contribution < -0.4 is 5.73 Å². The fourth-order valence-electron chi connectivity index (χ4n) is 3.57. The van der Waals surface area contributed by atoms with Gasteiger partial charge in [-0.3, -0.25) is 9.69 Å². The lowest BCUT2D eigenvalue weighted by Crippen LogP contribution is -2.49. The Labute approximate surface area is 128 Å². The van der Waals surface area contributed by atoms with Crippen molar-refractivity contribution in [2.24, 2.45) is 11.7 Å². The van der Waals surface area contributed by atoms with Crippen LogP contribution in [0, 0.1) is 5.92 Å². The van der Waals surface area contributed by atoms with E-state index in [0.717, 1.165) is 25.6 Å². The molecular formula is C16H19N5O. The first-order valence-corrected chi connectivity index (χ1v) is 7.70. The molecule has 1 saturated heterocycles. The Morgan fingerprint density at radius 1 is 1.23 bits per heavy atom. The van der Waals surface area contributed by atoms with Crippen LogP contribution in [-0.2, 0) is 12.8 Å². The minimum Gasteiger partial charge on any atom is -0.364 e. The summed E-state index contributed by atoms with van der Waals surface area (Å²) in [5.74, 6) is 0.196. The number of rotatable bonds is 4. The second-order valence-corrected chi connectivity index (χ2v) is 6.36. The van der Waals surface area contributed by atoms with Gasteiger partial charge in [-0.15, -0.1) is 5.10 Å². The second-order valence-electron chi connectivity index (χ2n) is 6.36. The zero-order chi connectivity index (χ0) is 15.1. The van der Waals surface area contributed by atoms with Crippen LogP contribution >= 0.6 is 0 Å². The minimum atomic E-state index is -0.522. The molecule has 2 heterocycles. The normalized spacial score (nSPS) is 19.1. The van der Waals surface area contributed by atoms with Crippen molar-refractivity contribution in [3.8, 4) is 0 Å². The van der Waals surface area contributed by atoms with E-state index in [1.165, 1.54) is 24.0 Å². The van der Waals surface area contributed by atoms with E-state index in [-0.39, 0.29) is 5.69 Å². The van der Waals surface area contributed by atoms with E-state index in [4.69, 9.17) is 5.73 Å². The molecule has 1 fully saturated rings. The van der Waals surface area contributed by atoms with Gasteiger partial charge in [0.1, 0.15) is 0 Å². The van der Waals surface area contributed by atoms with Gasteiger partial charge in [0.2, 0.25) is 0 Å². The first-order chi connectivity index (χ1) is 10.7. The molecular weight excluding hydrogens is 278 g/mol. The molecule has 0 atom stereocenters. The summed E-state index contributed by atoms with van der Waals surface area (Å²) >= 11 is 0. The predicted octanol–water partition coefficient (Wildman–Crippen LogP) is 0.649. The van der Waals surface area contributed by atoms with Crippen LogP contribution in [0.1, 0.15) is 27.7 Å². The van der Waals surface area contributed by atoms with Gasteiger partial charge in [-0.1, -0.05) is 29.5 Å². The van der Waals surface area contributed by atoms with Crippen LogP contribution in [0.4, 0.5) is 0 Å². The Kier molecular flexibility index (Phi) is 3.18. The molecule has 1 aliphatic heterocycles. The van der Waals surface area contributed by atoms with E-state index in [0.29, 0.717) is 6.04 Å². The summed E-state index contributed by atoms with van der Waals surface area (Å²) < 4.78 is 1.76. The fraction of sp³-hybridized carbons (Fsp3) is 0.438. The summed E-state index contributed by atoms with van der Waals surface area (Å²) in [7, 11) is 0. The number of fused-ring (bicyclic) bond motifs is 1. The van der Waals surface area contributed by atoms with E-state index in [9.17, 15) is 4.79 Å². The van der Waals surface area contributed by atoms with Gasteiger partial charge in [-0.2, -0.15) is 0 Å². The molecule has 6 heteroatoms. The highest BCUT2D eigenvalue weighted by Crippen LogP contribution is 2.29. The summed E-state index contributed by atoms with van der Waals surface area (Å²) in [6.45, 7) is 3.06. The van der Waals surface area contributed by atoms with E-state index in [2.05, 4.69) is 39.5 Å². The molecule has 22 heavy (non-hydrogen) atoms. The Morgan fingerprint density at radius 2 is 1.91 bits per heavy atom. The van der Waals surface area contributed by atoms with Gasteiger partial charge in [-0.25, -0.2) is 4.68 Å². The van der Waals surface area contributed by atoms with Gasteiger partial charge in [-0.05, 0) is 29.9 Å². The third kappa shape index (κ3) is 2.39. The number of amides is 1. The summed E-state index contributed by atoms with van der Waals surface area (Å²) in [6.07, 6.45) is 4.02. The number of carbonyl (C=O) groups is 1. The van der Waals surface area contributed by atoms with Crippen LogP contribution in [0.3, 0.4) is 0 Å². The molecule has 1 aromatic heterocycles. The van der Waals surface area contributed by atoms with Crippen molar-refractivity contribution >= 4 is 5.91 Å². The van der Waals surface area contributed by atoms with Crippen LogP contribution in [0.2, 0.25) is 0 Å². The van der Waals surface area contributed by atoms with Crippen molar-refractivity contribution < 1.29 is 4.79 Å². The maximum Gasteiger partial charge on any atom is 0.270 e. The van der Waals surface area contributed by atoms with Crippen molar-refractivity contribution in [3.05, 3.63) is 47.3 Å². The maximum absolute atomic E-state index is 11.0. The number of hydrogen-bond donors (Lipinski definition) is 1. The maximum atomic E-state index is 11.0. The quantitative estimate of drug-likeness (QED) is 0.899. The van der Waals surface area contributed by atoms with Crippen molar-refractivity contribution in [2.45, 2.75) is 18.9 Å². The summed E-state index contributed by atoms with van der Waals surface area (Å²) in [6, 6.07) is 9.05. The number of likely N-dealkylation sites (tertiary alicyclic amines) is 1. The lowest BCUT2D eigenvalue weighted by Gasteiger charge is -2.40. The number of nitrogens with two attached hydrogens (primary N) is 1. The second kappa shape index (κ2) is 5.21. The molecule has 114 valence electrons. The van der Waals surface area contributed by atoms with Crippen molar-refractivity contribution in [1.82, 2.24) is 19.9 Å². The molecule has 0 radical (unpaired) electrons. The number of primary amides is 1. The van der Waals surface area contributed by atoms with Crippen molar-refractivity contribution in [1.29, 1.82) is 0 Å². The zero-order valence-corrected chi connectivity index (χ0v) is 12.4. The highest BCUT2D eigenvalue weighted by atomic mass is 16.1. The number of nitrogens with zero attached hydrogens (tertiary/aromatic N) is 4. The van der Waals surface area contributed by atoms with Crippen LogP contribution in [0.15, 0.2) is 30.5 Å². The first kappa shape index (κ1) is 13.5. The average Bonchev–Trinajstić information content (AvgIpc) is 3.08. The fourth-order valence-corrected chi connectivity index (χ4v) is 3.57. The number of hydrogen-bond acceptors (Lipinski definition) is 4.